The van der Waals surface area contributed by atoms with Gasteiger partial charge in [0, 0.05) is 19.8 Å². The molecule has 1 N–H and O–H groups in total. The van der Waals surface area contributed by atoms with E-state index in [-0.39, 0.29) is 0 Å². The van der Waals surface area contributed by atoms with Crippen LogP contribution in [-0.4, -0.2) is 26.3 Å². The molecule has 2 heteroatoms. The second-order valence-corrected chi connectivity index (χ2v) is 4.20. The Bertz CT molecular complexity index is 115. The van der Waals surface area contributed by atoms with Gasteiger partial charge in [-0.05, 0) is 24.8 Å². The third-order valence-corrected chi connectivity index (χ3v) is 2.38. The van der Waals surface area contributed by atoms with E-state index in [4.69, 9.17) is 4.74 Å². The average Bonchev–Trinajstić information content (AvgIpc) is 2.04. The van der Waals surface area contributed by atoms with Gasteiger partial charge in [0.05, 0.1) is 0 Å². The zero-order valence-corrected chi connectivity index (χ0v) is 9.76. The van der Waals surface area contributed by atoms with Crippen molar-refractivity contribution in [2.75, 3.05) is 20.3 Å². The van der Waals surface area contributed by atoms with Crippen LogP contribution in [0, 0.1) is 11.8 Å². The summed E-state index contributed by atoms with van der Waals surface area (Å²) in [5.41, 5.74) is 0. The zero-order chi connectivity index (χ0) is 10.3. The Kier molecular flexibility index (Phi) is 7.29. The van der Waals surface area contributed by atoms with Crippen LogP contribution in [0.25, 0.3) is 0 Å². The molecule has 0 heterocycles. The van der Waals surface area contributed by atoms with Crippen LogP contribution in [0.15, 0.2) is 0 Å². The van der Waals surface area contributed by atoms with Crippen molar-refractivity contribution < 1.29 is 4.74 Å². The molecule has 0 aliphatic rings. The van der Waals surface area contributed by atoms with Gasteiger partial charge in [-0.25, -0.2) is 0 Å². The lowest BCUT2D eigenvalue weighted by molar-refractivity contribution is 0.145. The molecule has 0 aromatic rings. The number of methoxy groups -OCH3 is 1. The summed E-state index contributed by atoms with van der Waals surface area (Å²) in [5.74, 6) is 1.36. The van der Waals surface area contributed by atoms with Crippen molar-refractivity contribution in [3.63, 3.8) is 0 Å². The molecule has 2 atom stereocenters. The second-order valence-electron chi connectivity index (χ2n) is 4.20. The van der Waals surface area contributed by atoms with Crippen molar-refractivity contribution in [2.45, 2.75) is 40.2 Å². The summed E-state index contributed by atoms with van der Waals surface area (Å²) in [6, 6.07) is 0.634. The summed E-state index contributed by atoms with van der Waals surface area (Å²) in [5, 5.41) is 3.52. The van der Waals surface area contributed by atoms with Gasteiger partial charge < -0.3 is 10.1 Å². The SMILES string of the molecule is CCNC(CC(C)COC)C(C)C. The number of hydrogen-bond acceptors (Lipinski definition) is 2. The smallest absolute Gasteiger partial charge is 0.0488 e. The molecule has 0 bridgehead atoms. The van der Waals surface area contributed by atoms with Crippen LogP contribution < -0.4 is 5.32 Å². The fourth-order valence-corrected chi connectivity index (χ4v) is 1.64. The molecule has 0 amide bonds. The Balaban J connectivity index is 3.79. The third-order valence-electron chi connectivity index (χ3n) is 2.38. The normalized spacial score (nSPS) is 16.2. The number of ether oxygens (including phenoxy) is 1. The van der Waals surface area contributed by atoms with Crippen molar-refractivity contribution in [1.29, 1.82) is 0 Å². The summed E-state index contributed by atoms with van der Waals surface area (Å²) in [6.07, 6.45) is 1.21. The molecule has 0 fully saturated rings. The summed E-state index contributed by atoms with van der Waals surface area (Å²) >= 11 is 0. The number of nitrogens with one attached hydrogen (secondary N) is 1. The largest absolute Gasteiger partial charge is 0.384 e. The van der Waals surface area contributed by atoms with Crippen LogP contribution in [-0.2, 0) is 4.74 Å². The molecular weight excluding hydrogens is 162 g/mol. The van der Waals surface area contributed by atoms with Gasteiger partial charge in [0.1, 0.15) is 0 Å². The van der Waals surface area contributed by atoms with E-state index in [1.807, 2.05) is 0 Å². The molecule has 0 aliphatic carbocycles. The van der Waals surface area contributed by atoms with Gasteiger partial charge in [0.2, 0.25) is 0 Å². The Hall–Kier alpha value is -0.0800. The molecule has 80 valence electrons. The second kappa shape index (κ2) is 7.34. The predicted molar refractivity (Wildman–Crippen MR) is 58.0 cm³/mol. The van der Waals surface area contributed by atoms with E-state index in [1.165, 1.54) is 6.42 Å². The van der Waals surface area contributed by atoms with Gasteiger partial charge in [-0.15, -0.1) is 0 Å². The van der Waals surface area contributed by atoms with Crippen molar-refractivity contribution in [2.24, 2.45) is 11.8 Å². The van der Waals surface area contributed by atoms with E-state index >= 15 is 0 Å². The Morgan fingerprint density at radius 2 is 1.85 bits per heavy atom. The molecule has 0 aromatic carbocycles. The molecule has 0 saturated heterocycles. The van der Waals surface area contributed by atoms with Crippen LogP contribution in [0.2, 0.25) is 0 Å². The third kappa shape index (κ3) is 6.05. The Labute approximate surface area is 83.1 Å². The monoisotopic (exact) mass is 187 g/mol. The Morgan fingerprint density at radius 3 is 2.23 bits per heavy atom. The number of hydrogen-bond donors (Lipinski definition) is 1. The van der Waals surface area contributed by atoms with Crippen molar-refractivity contribution >= 4 is 0 Å². The van der Waals surface area contributed by atoms with E-state index in [0.29, 0.717) is 17.9 Å². The minimum Gasteiger partial charge on any atom is -0.384 e. The maximum absolute atomic E-state index is 5.13. The van der Waals surface area contributed by atoms with Gasteiger partial charge in [-0.1, -0.05) is 27.7 Å². The molecule has 2 nitrogen and oxygen atoms in total. The predicted octanol–water partition coefficient (Wildman–Crippen LogP) is 2.29. The van der Waals surface area contributed by atoms with Crippen molar-refractivity contribution in [3.8, 4) is 0 Å². The lowest BCUT2D eigenvalue weighted by Crippen LogP contribution is -2.35. The highest BCUT2D eigenvalue weighted by Gasteiger charge is 2.15. The maximum Gasteiger partial charge on any atom is 0.0488 e. The van der Waals surface area contributed by atoms with Crippen LogP contribution in [0.5, 0.6) is 0 Å². The molecule has 0 saturated carbocycles. The highest BCUT2D eigenvalue weighted by atomic mass is 16.5. The molecule has 0 radical (unpaired) electrons. The van der Waals surface area contributed by atoms with Crippen LogP contribution in [0.3, 0.4) is 0 Å². The van der Waals surface area contributed by atoms with E-state index in [2.05, 4.69) is 33.0 Å². The molecule has 0 aliphatic heterocycles. The first-order valence-corrected chi connectivity index (χ1v) is 5.34. The molecule has 0 spiro atoms. The molecular formula is C11H25NO. The molecule has 13 heavy (non-hydrogen) atoms. The van der Waals surface area contributed by atoms with Crippen molar-refractivity contribution in [3.05, 3.63) is 0 Å². The fourth-order valence-electron chi connectivity index (χ4n) is 1.64. The van der Waals surface area contributed by atoms with Crippen LogP contribution >= 0.6 is 0 Å². The topological polar surface area (TPSA) is 21.3 Å². The highest BCUT2D eigenvalue weighted by molar-refractivity contribution is 4.72. The summed E-state index contributed by atoms with van der Waals surface area (Å²) in [4.78, 5) is 0. The Morgan fingerprint density at radius 1 is 1.23 bits per heavy atom. The average molecular weight is 187 g/mol. The van der Waals surface area contributed by atoms with Crippen molar-refractivity contribution in [1.82, 2.24) is 5.32 Å². The van der Waals surface area contributed by atoms with Gasteiger partial charge in [-0.3, -0.25) is 0 Å². The first kappa shape index (κ1) is 12.9. The van der Waals surface area contributed by atoms with Crippen LogP contribution in [0.1, 0.15) is 34.1 Å². The van der Waals surface area contributed by atoms with E-state index in [9.17, 15) is 0 Å². The fraction of sp³-hybridized carbons (Fsp3) is 1.00. The molecule has 0 rings (SSSR count). The standard InChI is InChI=1S/C11H25NO/c1-6-12-11(9(2)3)7-10(4)8-13-5/h9-12H,6-8H2,1-5H3. The van der Waals surface area contributed by atoms with Gasteiger partial charge >= 0.3 is 0 Å². The van der Waals surface area contributed by atoms with E-state index in [1.54, 1.807) is 7.11 Å². The first-order chi connectivity index (χ1) is 6.11. The van der Waals surface area contributed by atoms with Gasteiger partial charge in [-0.2, -0.15) is 0 Å². The van der Waals surface area contributed by atoms with Crippen LogP contribution in [0.4, 0.5) is 0 Å². The van der Waals surface area contributed by atoms with Gasteiger partial charge in [0.25, 0.3) is 0 Å². The zero-order valence-electron chi connectivity index (χ0n) is 9.76. The minimum absolute atomic E-state index is 0.634. The summed E-state index contributed by atoms with van der Waals surface area (Å²) in [7, 11) is 1.77. The summed E-state index contributed by atoms with van der Waals surface area (Å²) < 4.78 is 5.13. The van der Waals surface area contributed by atoms with E-state index in [0.717, 1.165) is 13.2 Å². The maximum atomic E-state index is 5.13. The number of rotatable bonds is 7. The van der Waals surface area contributed by atoms with E-state index < -0.39 is 0 Å². The minimum atomic E-state index is 0.634. The highest BCUT2D eigenvalue weighted by Crippen LogP contribution is 2.13. The summed E-state index contributed by atoms with van der Waals surface area (Å²) in [6.45, 7) is 10.9. The molecule has 2 unspecified atom stereocenters. The van der Waals surface area contributed by atoms with Gasteiger partial charge in [0.15, 0.2) is 0 Å². The first-order valence-electron chi connectivity index (χ1n) is 5.34. The molecule has 0 aromatic heterocycles. The lowest BCUT2D eigenvalue weighted by atomic mass is 9.94. The quantitative estimate of drug-likeness (QED) is 0.660. The lowest BCUT2D eigenvalue weighted by Gasteiger charge is -2.24.